The molecule has 1 fully saturated rings. The van der Waals surface area contributed by atoms with Crippen molar-refractivity contribution in [2.24, 2.45) is 4.99 Å². The van der Waals surface area contributed by atoms with Crippen molar-refractivity contribution in [3.8, 4) is 0 Å². The van der Waals surface area contributed by atoms with Crippen molar-refractivity contribution in [2.45, 2.75) is 25.6 Å². The van der Waals surface area contributed by atoms with Crippen LogP contribution >= 0.6 is 11.6 Å². The molecule has 27 heavy (non-hydrogen) atoms. The molecule has 1 aromatic heterocycles. The summed E-state index contributed by atoms with van der Waals surface area (Å²) in [7, 11) is 0. The highest BCUT2D eigenvalue weighted by molar-refractivity contribution is 6.34. The molecule has 3 aliphatic rings. The number of rotatable bonds is 2. The van der Waals surface area contributed by atoms with Crippen LogP contribution in [0.25, 0.3) is 0 Å². The van der Waals surface area contributed by atoms with Crippen LogP contribution in [0.5, 0.6) is 0 Å². The molecular formula is C19H18ClN5O2. The highest BCUT2D eigenvalue weighted by Crippen LogP contribution is 2.35. The quantitative estimate of drug-likeness (QED) is 0.796. The van der Waals surface area contributed by atoms with E-state index in [1.54, 1.807) is 6.07 Å². The van der Waals surface area contributed by atoms with Gasteiger partial charge in [-0.1, -0.05) is 29.8 Å². The molecule has 5 rings (SSSR count). The number of aromatic nitrogens is 3. The van der Waals surface area contributed by atoms with Crippen molar-refractivity contribution in [1.82, 2.24) is 19.7 Å². The first-order valence-corrected chi connectivity index (χ1v) is 9.33. The van der Waals surface area contributed by atoms with Crippen LogP contribution in [0.1, 0.15) is 33.6 Å². The molecule has 2 bridgehead atoms. The van der Waals surface area contributed by atoms with Crippen molar-refractivity contribution < 1.29 is 9.53 Å². The minimum absolute atomic E-state index is 0.0871. The first-order chi connectivity index (χ1) is 13.1. The fraction of sp³-hybridized carbons (Fsp3) is 0.368. The molecule has 0 radical (unpaired) electrons. The number of ether oxygens (including phenoxy) is 1. The lowest BCUT2D eigenvalue weighted by atomic mass is 10.0. The van der Waals surface area contributed by atoms with Gasteiger partial charge in [0.15, 0.2) is 11.6 Å². The zero-order chi connectivity index (χ0) is 18.5. The summed E-state index contributed by atoms with van der Waals surface area (Å²) in [6, 6.07) is 5.15. The number of morpholine rings is 1. The van der Waals surface area contributed by atoms with Gasteiger partial charge in [0.25, 0.3) is 5.91 Å². The zero-order valence-corrected chi connectivity index (χ0v) is 15.6. The standard InChI is InChI=1S/C19H18ClN5O2/c1-11-4-2-5-13(16(11)20)19(26)25-12-8-24-17(14-6-3-7-21-14)22-23-18(24)15(25)10-27-9-12/h2-6,12,15H,7-10H2,1H3/t12-,15-/m1/s1. The maximum atomic E-state index is 13.4. The Morgan fingerprint density at radius 2 is 2.19 bits per heavy atom. The topological polar surface area (TPSA) is 72.6 Å². The van der Waals surface area contributed by atoms with E-state index in [1.807, 2.05) is 36.1 Å². The molecule has 0 saturated carbocycles. The smallest absolute Gasteiger partial charge is 0.256 e. The fourth-order valence-electron chi connectivity index (χ4n) is 3.98. The third-order valence-electron chi connectivity index (χ3n) is 5.31. The second-order valence-corrected chi connectivity index (χ2v) is 7.35. The number of allylic oxidation sites excluding steroid dienone is 1. The maximum absolute atomic E-state index is 13.4. The van der Waals surface area contributed by atoms with Crippen LogP contribution in [0, 0.1) is 6.92 Å². The molecule has 1 amide bonds. The second kappa shape index (κ2) is 6.28. The van der Waals surface area contributed by atoms with Gasteiger partial charge >= 0.3 is 0 Å². The summed E-state index contributed by atoms with van der Waals surface area (Å²) in [6.45, 7) is 4.02. The number of amides is 1. The third-order valence-corrected chi connectivity index (χ3v) is 5.82. The van der Waals surface area contributed by atoms with E-state index in [4.69, 9.17) is 16.3 Å². The number of aryl methyl sites for hydroxylation is 1. The van der Waals surface area contributed by atoms with Gasteiger partial charge in [-0.2, -0.15) is 0 Å². The van der Waals surface area contributed by atoms with Gasteiger partial charge in [0, 0.05) is 6.54 Å². The maximum Gasteiger partial charge on any atom is 0.256 e. The molecule has 8 heteroatoms. The molecule has 0 unspecified atom stereocenters. The molecule has 3 aliphatic heterocycles. The summed E-state index contributed by atoms with van der Waals surface area (Å²) in [6.07, 6.45) is 3.97. The molecule has 4 heterocycles. The number of halogens is 1. The summed E-state index contributed by atoms with van der Waals surface area (Å²) >= 11 is 6.42. The largest absolute Gasteiger partial charge is 0.377 e. The molecule has 0 aliphatic carbocycles. The van der Waals surface area contributed by atoms with Crippen LogP contribution in [-0.2, 0) is 11.3 Å². The Morgan fingerprint density at radius 1 is 1.30 bits per heavy atom. The number of hydrogen-bond acceptors (Lipinski definition) is 5. The van der Waals surface area contributed by atoms with E-state index in [2.05, 4.69) is 19.8 Å². The number of fused-ring (bicyclic) bond motifs is 4. The number of aliphatic imine (C=N–C) groups is 1. The molecule has 138 valence electrons. The monoisotopic (exact) mass is 383 g/mol. The predicted molar refractivity (Wildman–Crippen MR) is 100 cm³/mol. The Morgan fingerprint density at radius 3 is 3.00 bits per heavy atom. The Balaban J connectivity index is 1.56. The van der Waals surface area contributed by atoms with Gasteiger partial charge in [-0.25, -0.2) is 0 Å². The Kier molecular flexibility index (Phi) is 3.87. The van der Waals surface area contributed by atoms with Crippen LogP contribution < -0.4 is 0 Å². The normalized spacial score (nSPS) is 23.3. The average Bonchev–Trinajstić information content (AvgIpc) is 3.32. The lowest BCUT2D eigenvalue weighted by Gasteiger charge is -2.45. The predicted octanol–water partition coefficient (Wildman–Crippen LogP) is 2.19. The fourth-order valence-corrected chi connectivity index (χ4v) is 4.19. The van der Waals surface area contributed by atoms with Gasteiger partial charge in [0.05, 0.1) is 36.4 Å². The van der Waals surface area contributed by atoms with Gasteiger partial charge in [0.1, 0.15) is 11.8 Å². The molecule has 2 aromatic rings. The van der Waals surface area contributed by atoms with Gasteiger partial charge < -0.3 is 14.2 Å². The summed E-state index contributed by atoms with van der Waals surface area (Å²) in [5.41, 5.74) is 2.25. The molecule has 0 spiro atoms. The van der Waals surface area contributed by atoms with Crippen LogP contribution in [0.3, 0.4) is 0 Å². The summed E-state index contributed by atoms with van der Waals surface area (Å²) in [5.74, 6) is 1.41. The number of carbonyl (C=O) groups is 1. The lowest BCUT2D eigenvalue weighted by molar-refractivity contribution is -0.0572. The van der Waals surface area contributed by atoms with Crippen molar-refractivity contribution in [3.05, 3.63) is 58.1 Å². The third kappa shape index (κ3) is 2.53. The van der Waals surface area contributed by atoms with E-state index >= 15 is 0 Å². The molecular weight excluding hydrogens is 366 g/mol. The van der Waals surface area contributed by atoms with Gasteiger partial charge in [0.2, 0.25) is 0 Å². The van der Waals surface area contributed by atoms with Crippen molar-refractivity contribution in [3.63, 3.8) is 0 Å². The first-order valence-electron chi connectivity index (χ1n) is 8.95. The van der Waals surface area contributed by atoms with E-state index in [0.717, 1.165) is 22.9 Å². The minimum Gasteiger partial charge on any atom is -0.377 e. The highest BCUT2D eigenvalue weighted by atomic mass is 35.5. The number of benzene rings is 1. The summed E-state index contributed by atoms with van der Waals surface area (Å²) < 4.78 is 7.82. The minimum atomic E-state index is -0.284. The van der Waals surface area contributed by atoms with Crippen LogP contribution in [-0.4, -0.2) is 57.1 Å². The van der Waals surface area contributed by atoms with E-state index < -0.39 is 0 Å². The number of hydrogen-bond donors (Lipinski definition) is 0. The van der Waals surface area contributed by atoms with E-state index in [1.165, 1.54) is 0 Å². The van der Waals surface area contributed by atoms with Crippen molar-refractivity contribution in [1.29, 1.82) is 0 Å². The van der Waals surface area contributed by atoms with E-state index in [0.29, 0.717) is 36.9 Å². The van der Waals surface area contributed by atoms with Crippen LogP contribution in [0.4, 0.5) is 0 Å². The molecule has 7 nitrogen and oxygen atoms in total. The van der Waals surface area contributed by atoms with Crippen LogP contribution in [0.15, 0.2) is 35.3 Å². The highest BCUT2D eigenvalue weighted by Gasteiger charge is 2.44. The molecule has 1 aromatic carbocycles. The number of carbonyl (C=O) groups excluding carboxylic acids is 1. The van der Waals surface area contributed by atoms with Gasteiger partial charge in [-0.15, -0.1) is 10.2 Å². The van der Waals surface area contributed by atoms with Crippen molar-refractivity contribution in [2.75, 3.05) is 19.8 Å². The molecule has 2 atom stereocenters. The van der Waals surface area contributed by atoms with Gasteiger partial charge in [-0.3, -0.25) is 9.79 Å². The van der Waals surface area contributed by atoms with E-state index in [9.17, 15) is 4.79 Å². The summed E-state index contributed by atoms with van der Waals surface area (Å²) in [4.78, 5) is 19.7. The Bertz CT molecular complexity index is 996. The summed E-state index contributed by atoms with van der Waals surface area (Å²) in [5, 5.41) is 9.23. The molecule has 0 N–H and O–H groups in total. The first kappa shape index (κ1) is 16.6. The van der Waals surface area contributed by atoms with E-state index in [-0.39, 0.29) is 18.0 Å². The zero-order valence-electron chi connectivity index (χ0n) is 14.8. The Labute approximate surface area is 161 Å². The molecule has 1 saturated heterocycles. The average molecular weight is 384 g/mol. The lowest BCUT2D eigenvalue weighted by Crippen LogP contribution is -2.56. The SMILES string of the molecule is Cc1cccc(C(=O)N2[C@H]3COC[C@@H]2c2nnc(C4=NCC=C4)n2C3)c1Cl. The second-order valence-electron chi connectivity index (χ2n) is 6.98. The van der Waals surface area contributed by atoms with Gasteiger partial charge in [-0.05, 0) is 24.6 Å². The van der Waals surface area contributed by atoms with Crippen molar-refractivity contribution >= 4 is 23.2 Å². The van der Waals surface area contributed by atoms with Crippen LogP contribution in [0.2, 0.25) is 5.02 Å². The Hall–Kier alpha value is -2.51. The number of nitrogens with zero attached hydrogens (tertiary/aromatic N) is 5.